The fourth-order valence-corrected chi connectivity index (χ4v) is 1.32. The Morgan fingerprint density at radius 1 is 1.35 bits per heavy atom. The van der Waals surface area contributed by atoms with Crippen molar-refractivity contribution >= 4 is 11.6 Å². The van der Waals surface area contributed by atoms with Gasteiger partial charge in [0.25, 0.3) is 11.6 Å². The number of nitro groups is 1. The first kappa shape index (κ1) is 13.0. The number of carbonyl (C=O) groups excluding carboxylic acids is 1. The van der Waals surface area contributed by atoms with Crippen LogP contribution in [0.1, 0.15) is 13.8 Å². The Balaban J connectivity index is 2.80. The number of nitrogens with two attached hydrogens (primary N) is 1. The van der Waals surface area contributed by atoms with Crippen molar-refractivity contribution in [2.75, 3.05) is 0 Å². The Morgan fingerprint density at radius 2 is 1.88 bits per heavy atom. The van der Waals surface area contributed by atoms with Gasteiger partial charge in [0.15, 0.2) is 6.10 Å². The minimum Gasteiger partial charge on any atom is -0.480 e. The molecule has 0 aliphatic heterocycles. The SMILES string of the molecule is CC(C)C(Oc1ccc([N+](=O)[O-])cc1)C(N)=O. The third kappa shape index (κ3) is 3.44. The lowest BCUT2D eigenvalue weighted by atomic mass is 10.1. The molecule has 0 fully saturated rings. The van der Waals surface area contributed by atoms with Gasteiger partial charge in [-0.05, 0) is 18.1 Å². The molecule has 0 spiro atoms. The van der Waals surface area contributed by atoms with Crippen molar-refractivity contribution in [3.05, 3.63) is 34.4 Å². The molecule has 0 heterocycles. The van der Waals surface area contributed by atoms with Gasteiger partial charge in [0.05, 0.1) is 4.92 Å². The minimum absolute atomic E-state index is 0.0301. The van der Waals surface area contributed by atoms with Crippen molar-refractivity contribution in [2.24, 2.45) is 11.7 Å². The monoisotopic (exact) mass is 238 g/mol. The van der Waals surface area contributed by atoms with Crippen LogP contribution in [0.5, 0.6) is 5.75 Å². The van der Waals surface area contributed by atoms with E-state index in [1.807, 2.05) is 0 Å². The second kappa shape index (κ2) is 5.29. The number of amides is 1. The van der Waals surface area contributed by atoms with Crippen molar-refractivity contribution in [1.82, 2.24) is 0 Å². The van der Waals surface area contributed by atoms with Crippen LogP contribution in [0.3, 0.4) is 0 Å². The summed E-state index contributed by atoms with van der Waals surface area (Å²) >= 11 is 0. The zero-order valence-corrected chi connectivity index (χ0v) is 9.62. The Kier molecular flexibility index (Phi) is 4.03. The van der Waals surface area contributed by atoms with Gasteiger partial charge in [-0.2, -0.15) is 0 Å². The Morgan fingerprint density at radius 3 is 2.24 bits per heavy atom. The van der Waals surface area contributed by atoms with E-state index in [4.69, 9.17) is 10.5 Å². The largest absolute Gasteiger partial charge is 0.480 e. The number of carbonyl (C=O) groups is 1. The zero-order valence-electron chi connectivity index (χ0n) is 9.62. The molecule has 1 amide bonds. The Hall–Kier alpha value is -2.11. The predicted molar refractivity (Wildman–Crippen MR) is 61.5 cm³/mol. The maximum atomic E-state index is 11.1. The summed E-state index contributed by atoms with van der Waals surface area (Å²) in [7, 11) is 0. The highest BCUT2D eigenvalue weighted by Crippen LogP contribution is 2.20. The number of hydrogen-bond donors (Lipinski definition) is 1. The molecule has 6 nitrogen and oxygen atoms in total. The highest BCUT2D eigenvalue weighted by Gasteiger charge is 2.21. The molecule has 0 aliphatic rings. The molecule has 0 aromatic heterocycles. The summed E-state index contributed by atoms with van der Waals surface area (Å²) in [4.78, 5) is 21.0. The van der Waals surface area contributed by atoms with E-state index in [9.17, 15) is 14.9 Å². The van der Waals surface area contributed by atoms with E-state index in [2.05, 4.69) is 0 Å². The molecule has 1 rings (SSSR count). The third-order valence-corrected chi connectivity index (χ3v) is 2.20. The molecule has 1 aromatic rings. The van der Waals surface area contributed by atoms with Gasteiger partial charge in [0, 0.05) is 12.1 Å². The van der Waals surface area contributed by atoms with Gasteiger partial charge in [-0.25, -0.2) is 0 Å². The molecule has 1 aromatic carbocycles. The van der Waals surface area contributed by atoms with Gasteiger partial charge < -0.3 is 10.5 Å². The molecule has 0 radical (unpaired) electrons. The van der Waals surface area contributed by atoms with Gasteiger partial charge in [0.1, 0.15) is 5.75 Å². The highest BCUT2D eigenvalue weighted by atomic mass is 16.6. The number of nitro benzene ring substituents is 1. The maximum absolute atomic E-state index is 11.1. The van der Waals surface area contributed by atoms with Crippen LogP contribution in [0, 0.1) is 16.0 Å². The maximum Gasteiger partial charge on any atom is 0.269 e. The van der Waals surface area contributed by atoms with Crippen LogP contribution in [0.25, 0.3) is 0 Å². The Bertz CT molecular complexity index is 414. The van der Waals surface area contributed by atoms with Gasteiger partial charge in [-0.15, -0.1) is 0 Å². The van der Waals surface area contributed by atoms with E-state index in [1.54, 1.807) is 13.8 Å². The fourth-order valence-electron chi connectivity index (χ4n) is 1.32. The van der Waals surface area contributed by atoms with E-state index in [0.29, 0.717) is 5.75 Å². The minimum atomic E-state index is -0.739. The number of nitrogens with zero attached hydrogens (tertiary/aromatic N) is 1. The molecule has 1 unspecified atom stereocenters. The van der Waals surface area contributed by atoms with Gasteiger partial charge in [-0.3, -0.25) is 14.9 Å². The first-order chi connectivity index (χ1) is 7.91. The van der Waals surface area contributed by atoms with E-state index < -0.39 is 16.9 Å². The highest BCUT2D eigenvalue weighted by molar-refractivity contribution is 5.79. The molecular weight excluding hydrogens is 224 g/mol. The normalized spacial score (nSPS) is 12.2. The van der Waals surface area contributed by atoms with E-state index in [-0.39, 0.29) is 11.6 Å². The summed E-state index contributed by atoms with van der Waals surface area (Å²) in [6.45, 7) is 3.61. The smallest absolute Gasteiger partial charge is 0.269 e. The molecule has 0 aliphatic carbocycles. The summed E-state index contributed by atoms with van der Waals surface area (Å²) < 4.78 is 5.37. The van der Waals surface area contributed by atoms with Crippen molar-refractivity contribution < 1.29 is 14.5 Å². The van der Waals surface area contributed by atoms with Crippen molar-refractivity contribution in [3.8, 4) is 5.75 Å². The number of non-ortho nitro benzene ring substituents is 1. The molecule has 0 saturated carbocycles. The quantitative estimate of drug-likeness (QED) is 0.620. The Labute approximate surface area is 98.5 Å². The average Bonchev–Trinajstić information content (AvgIpc) is 2.25. The second-order valence-corrected chi connectivity index (χ2v) is 3.94. The molecule has 2 N–H and O–H groups in total. The van der Waals surface area contributed by atoms with E-state index in [1.165, 1.54) is 24.3 Å². The molecule has 17 heavy (non-hydrogen) atoms. The van der Waals surface area contributed by atoms with E-state index in [0.717, 1.165) is 0 Å². The van der Waals surface area contributed by atoms with Crippen LogP contribution >= 0.6 is 0 Å². The summed E-state index contributed by atoms with van der Waals surface area (Å²) in [5, 5.41) is 10.4. The second-order valence-electron chi connectivity index (χ2n) is 3.94. The number of primary amides is 1. The predicted octanol–water partition coefficient (Wildman–Crippen LogP) is 1.48. The lowest BCUT2D eigenvalue weighted by molar-refractivity contribution is -0.384. The molecule has 0 saturated heterocycles. The van der Waals surface area contributed by atoms with Gasteiger partial charge >= 0.3 is 0 Å². The third-order valence-electron chi connectivity index (χ3n) is 2.20. The first-order valence-electron chi connectivity index (χ1n) is 5.12. The molecule has 92 valence electrons. The van der Waals surface area contributed by atoms with Crippen molar-refractivity contribution in [1.29, 1.82) is 0 Å². The number of hydrogen-bond acceptors (Lipinski definition) is 4. The van der Waals surface area contributed by atoms with Crippen LogP contribution in [0.2, 0.25) is 0 Å². The molecule has 0 bridgehead atoms. The number of benzene rings is 1. The van der Waals surface area contributed by atoms with Crippen LogP contribution in [-0.4, -0.2) is 16.9 Å². The van der Waals surface area contributed by atoms with Crippen LogP contribution < -0.4 is 10.5 Å². The van der Waals surface area contributed by atoms with Crippen molar-refractivity contribution in [2.45, 2.75) is 20.0 Å². The molecule has 6 heteroatoms. The van der Waals surface area contributed by atoms with E-state index >= 15 is 0 Å². The molecular formula is C11H14N2O4. The van der Waals surface area contributed by atoms with Crippen LogP contribution in [-0.2, 0) is 4.79 Å². The lowest BCUT2D eigenvalue weighted by Crippen LogP contribution is -2.37. The summed E-state index contributed by atoms with van der Waals surface area (Å²) in [6.07, 6.45) is -0.739. The topological polar surface area (TPSA) is 95.5 Å². The van der Waals surface area contributed by atoms with Crippen LogP contribution in [0.15, 0.2) is 24.3 Å². The fraction of sp³-hybridized carbons (Fsp3) is 0.364. The van der Waals surface area contributed by atoms with Crippen molar-refractivity contribution in [3.63, 3.8) is 0 Å². The zero-order chi connectivity index (χ0) is 13.0. The van der Waals surface area contributed by atoms with Gasteiger partial charge in [0.2, 0.25) is 0 Å². The average molecular weight is 238 g/mol. The van der Waals surface area contributed by atoms with Gasteiger partial charge in [-0.1, -0.05) is 13.8 Å². The molecule has 1 atom stereocenters. The standard InChI is InChI=1S/C11H14N2O4/c1-7(2)10(11(12)14)17-9-5-3-8(4-6-9)13(15)16/h3-7,10H,1-2H3,(H2,12,14). The van der Waals surface area contributed by atoms with Crippen LogP contribution in [0.4, 0.5) is 5.69 Å². The number of rotatable bonds is 5. The summed E-state index contributed by atoms with van der Waals surface area (Å²) in [5.41, 5.74) is 5.16. The first-order valence-corrected chi connectivity index (χ1v) is 5.12. The lowest BCUT2D eigenvalue weighted by Gasteiger charge is -2.19. The number of ether oxygens (including phenoxy) is 1. The summed E-state index contributed by atoms with van der Waals surface area (Å²) in [5.74, 6) is -0.242. The summed E-state index contributed by atoms with van der Waals surface area (Å²) in [6, 6.07) is 5.51.